The highest BCUT2D eigenvalue weighted by Crippen LogP contribution is 2.22. The molecule has 0 aliphatic heterocycles. The minimum absolute atomic E-state index is 0.703. The maximum atomic E-state index is 6.03. The van der Waals surface area contributed by atoms with Crippen molar-refractivity contribution in [2.45, 2.75) is 39.2 Å². The average Bonchev–Trinajstić information content (AvgIpc) is 3.07. The molecular weight excluding hydrogens is 230 g/mol. The summed E-state index contributed by atoms with van der Waals surface area (Å²) in [6, 6.07) is 9.06. The number of halogens is 1. The van der Waals surface area contributed by atoms with Gasteiger partial charge in [-0.25, -0.2) is 0 Å². The Morgan fingerprint density at radius 2 is 2.12 bits per heavy atom. The van der Waals surface area contributed by atoms with Gasteiger partial charge in [0.1, 0.15) is 0 Å². The van der Waals surface area contributed by atoms with Crippen LogP contribution in [-0.2, 0) is 6.42 Å². The van der Waals surface area contributed by atoms with Crippen molar-refractivity contribution in [2.24, 2.45) is 11.8 Å². The van der Waals surface area contributed by atoms with E-state index in [1.807, 2.05) is 12.1 Å². The van der Waals surface area contributed by atoms with Gasteiger partial charge in [0.2, 0.25) is 0 Å². The van der Waals surface area contributed by atoms with Crippen molar-refractivity contribution >= 4 is 11.6 Å². The van der Waals surface area contributed by atoms with Gasteiger partial charge in [0.15, 0.2) is 0 Å². The van der Waals surface area contributed by atoms with Crippen LogP contribution in [0, 0.1) is 11.8 Å². The van der Waals surface area contributed by atoms with Crippen molar-refractivity contribution in [3.63, 3.8) is 0 Å². The Kier molecular flexibility index (Phi) is 4.47. The molecule has 0 heterocycles. The molecule has 0 radical (unpaired) electrons. The van der Waals surface area contributed by atoms with E-state index in [1.54, 1.807) is 0 Å². The molecular formula is C15H22ClN. The predicted octanol–water partition coefficient (Wildman–Crippen LogP) is 3.91. The van der Waals surface area contributed by atoms with E-state index in [2.05, 4.69) is 31.3 Å². The Morgan fingerprint density at radius 1 is 1.35 bits per heavy atom. The Bertz CT molecular complexity index is 358. The van der Waals surface area contributed by atoms with Crippen molar-refractivity contribution in [1.82, 2.24) is 5.32 Å². The predicted molar refractivity (Wildman–Crippen MR) is 74.5 cm³/mol. The lowest BCUT2D eigenvalue weighted by atomic mass is 9.89. The summed E-state index contributed by atoms with van der Waals surface area (Å²) >= 11 is 6.03. The van der Waals surface area contributed by atoms with Crippen LogP contribution in [0.3, 0.4) is 0 Å². The van der Waals surface area contributed by atoms with E-state index in [0.29, 0.717) is 11.8 Å². The molecule has 1 aromatic rings. The molecule has 1 N–H and O–H groups in total. The van der Waals surface area contributed by atoms with Gasteiger partial charge in [-0.1, -0.05) is 37.6 Å². The molecule has 1 aromatic carbocycles. The van der Waals surface area contributed by atoms with Crippen molar-refractivity contribution in [2.75, 3.05) is 6.54 Å². The van der Waals surface area contributed by atoms with Crippen LogP contribution in [0.2, 0.25) is 5.02 Å². The zero-order chi connectivity index (χ0) is 12.3. The van der Waals surface area contributed by atoms with E-state index in [9.17, 15) is 0 Å². The Hall–Kier alpha value is -0.530. The van der Waals surface area contributed by atoms with E-state index in [0.717, 1.165) is 24.0 Å². The number of benzene rings is 1. The fraction of sp³-hybridized carbons (Fsp3) is 0.600. The van der Waals surface area contributed by atoms with Crippen LogP contribution >= 0.6 is 11.6 Å². The number of nitrogens with one attached hydrogen (secondary N) is 1. The summed E-state index contributed by atoms with van der Waals surface area (Å²) in [6.45, 7) is 5.75. The Balaban J connectivity index is 1.91. The van der Waals surface area contributed by atoms with Gasteiger partial charge < -0.3 is 5.32 Å². The highest BCUT2D eigenvalue weighted by atomic mass is 35.5. The molecule has 2 rings (SSSR count). The maximum Gasteiger partial charge on any atom is 0.0408 e. The smallest absolute Gasteiger partial charge is 0.0408 e. The largest absolute Gasteiger partial charge is 0.314 e. The quantitative estimate of drug-likeness (QED) is 0.809. The van der Waals surface area contributed by atoms with Crippen molar-refractivity contribution < 1.29 is 0 Å². The topological polar surface area (TPSA) is 12.0 Å². The maximum absolute atomic E-state index is 6.03. The van der Waals surface area contributed by atoms with Crippen molar-refractivity contribution in [3.05, 3.63) is 34.9 Å². The molecule has 1 atom stereocenters. The molecule has 1 fully saturated rings. The Labute approximate surface area is 110 Å². The molecule has 1 aliphatic rings. The van der Waals surface area contributed by atoms with Crippen LogP contribution in [-0.4, -0.2) is 12.6 Å². The summed E-state index contributed by atoms with van der Waals surface area (Å²) in [4.78, 5) is 0. The highest BCUT2D eigenvalue weighted by molar-refractivity contribution is 6.30. The number of hydrogen-bond donors (Lipinski definition) is 1. The fourth-order valence-electron chi connectivity index (χ4n) is 2.12. The lowest BCUT2D eigenvalue weighted by molar-refractivity contribution is 0.359. The van der Waals surface area contributed by atoms with Crippen molar-refractivity contribution in [3.8, 4) is 0 Å². The second-order valence-electron chi connectivity index (χ2n) is 5.52. The van der Waals surface area contributed by atoms with Crippen LogP contribution in [0.1, 0.15) is 32.3 Å². The van der Waals surface area contributed by atoms with Gasteiger partial charge in [0, 0.05) is 11.1 Å². The first-order valence-corrected chi connectivity index (χ1v) is 7.01. The first-order chi connectivity index (χ1) is 8.15. The van der Waals surface area contributed by atoms with E-state index >= 15 is 0 Å². The summed E-state index contributed by atoms with van der Waals surface area (Å²) in [5.74, 6) is 1.41. The molecule has 1 saturated carbocycles. The molecule has 17 heavy (non-hydrogen) atoms. The summed E-state index contributed by atoms with van der Waals surface area (Å²) < 4.78 is 0. The summed E-state index contributed by atoms with van der Waals surface area (Å²) in [5, 5.41) is 4.49. The van der Waals surface area contributed by atoms with Gasteiger partial charge in [-0.3, -0.25) is 0 Å². The van der Waals surface area contributed by atoms with E-state index in [1.165, 1.54) is 18.4 Å². The third kappa shape index (κ3) is 4.33. The summed E-state index contributed by atoms with van der Waals surface area (Å²) in [5.41, 5.74) is 1.36. The Morgan fingerprint density at radius 3 is 2.71 bits per heavy atom. The monoisotopic (exact) mass is 251 g/mol. The molecule has 0 amide bonds. The van der Waals surface area contributed by atoms with E-state index in [4.69, 9.17) is 11.6 Å². The molecule has 2 heteroatoms. The molecule has 0 aromatic heterocycles. The third-order valence-electron chi connectivity index (χ3n) is 3.58. The van der Waals surface area contributed by atoms with Crippen molar-refractivity contribution in [1.29, 1.82) is 0 Å². The van der Waals surface area contributed by atoms with Crippen LogP contribution in [0.25, 0.3) is 0 Å². The lowest BCUT2D eigenvalue weighted by Gasteiger charge is -2.21. The lowest BCUT2D eigenvalue weighted by Crippen LogP contribution is -2.29. The molecule has 0 bridgehead atoms. The van der Waals surface area contributed by atoms with Gasteiger partial charge in [-0.2, -0.15) is 0 Å². The second-order valence-corrected chi connectivity index (χ2v) is 5.96. The van der Waals surface area contributed by atoms with E-state index in [-0.39, 0.29) is 0 Å². The summed E-state index contributed by atoms with van der Waals surface area (Å²) in [6.07, 6.45) is 3.85. The van der Waals surface area contributed by atoms with Gasteiger partial charge in [-0.15, -0.1) is 0 Å². The third-order valence-corrected chi connectivity index (χ3v) is 3.81. The normalized spacial score (nSPS) is 17.4. The van der Waals surface area contributed by atoms with Gasteiger partial charge in [0.25, 0.3) is 0 Å². The van der Waals surface area contributed by atoms with E-state index < -0.39 is 0 Å². The van der Waals surface area contributed by atoms with Crippen LogP contribution in [0.15, 0.2) is 24.3 Å². The van der Waals surface area contributed by atoms with Gasteiger partial charge in [-0.05, 0) is 55.3 Å². The molecule has 1 aliphatic carbocycles. The molecule has 1 nitrogen and oxygen atoms in total. The SMILES string of the molecule is CC(C)C(CNC1CC1)Cc1cccc(Cl)c1. The first kappa shape index (κ1) is 12.9. The minimum Gasteiger partial charge on any atom is -0.314 e. The standard InChI is InChI=1S/C15H22ClN/c1-11(2)13(10-17-15-6-7-15)8-12-4-3-5-14(16)9-12/h3-5,9,11,13,15,17H,6-8,10H2,1-2H3. The van der Waals surface area contributed by atoms with Crippen LogP contribution in [0.4, 0.5) is 0 Å². The molecule has 1 unspecified atom stereocenters. The summed E-state index contributed by atoms with van der Waals surface area (Å²) in [7, 11) is 0. The molecule has 0 spiro atoms. The fourth-order valence-corrected chi connectivity index (χ4v) is 2.33. The van der Waals surface area contributed by atoms with Gasteiger partial charge >= 0.3 is 0 Å². The number of hydrogen-bond acceptors (Lipinski definition) is 1. The highest BCUT2D eigenvalue weighted by Gasteiger charge is 2.23. The second kappa shape index (κ2) is 5.88. The zero-order valence-corrected chi connectivity index (χ0v) is 11.5. The molecule has 0 saturated heterocycles. The minimum atomic E-state index is 0.703. The molecule has 94 valence electrons. The van der Waals surface area contributed by atoms with Crippen LogP contribution in [0.5, 0.6) is 0 Å². The zero-order valence-electron chi connectivity index (χ0n) is 10.7. The first-order valence-electron chi connectivity index (χ1n) is 6.63. The average molecular weight is 252 g/mol. The van der Waals surface area contributed by atoms with Crippen LogP contribution < -0.4 is 5.32 Å². The number of rotatable bonds is 6. The van der Waals surface area contributed by atoms with Gasteiger partial charge in [0.05, 0.1) is 0 Å².